The Labute approximate surface area is 222 Å². The monoisotopic (exact) mass is 509 g/mol. The van der Waals surface area contributed by atoms with Crippen LogP contribution in [0.2, 0.25) is 0 Å². The lowest BCUT2D eigenvalue weighted by atomic mass is 9.76. The zero-order valence-electron chi connectivity index (χ0n) is 21.9. The average Bonchev–Trinajstić information content (AvgIpc) is 3.35. The molecule has 0 bridgehead atoms. The summed E-state index contributed by atoms with van der Waals surface area (Å²) in [5, 5.41) is 1.06. The lowest BCUT2D eigenvalue weighted by molar-refractivity contribution is -0.166. The molecule has 7 heteroatoms. The number of aromatic amines is 1. The van der Waals surface area contributed by atoms with E-state index in [2.05, 4.69) is 17.1 Å². The number of hydrogen-bond acceptors (Lipinski definition) is 4. The van der Waals surface area contributed by atoms with Crippen LogP contribution in [0.5, 0.6) is 11.5 Å². The quantitative estimate of drug-likeness (QED) is 0.417. The molecule has 1 saturated heterocycles. The molecule has 2 aliphatic rings. The van der Waals surface area contributed by atoms with Gasteiger partial charge in [0.1, 0.15) is 11.5 Å². The second kappa shape index (κ2) is 9.24. The van der Waals surface area contributed by atoms with E-state index in [0.717, 1.165) is 44.8 Å². The Kier molecular flexibility index (Phi) is 5.86. The van der Waals surface area contributed by atoms with Gasteiger partial charge in [-0.25, -0.2) is 0 Å². The highest BCUT2D eigenvalue weighted by Crippen LogP contribution is 2.49. The normalized spacial score (nSPS) is 20.9. The fourth-order valence-corrected chi connectivity index (χ4v) is 6.15. The number of para-hydroxylation sites is 2. The van der Waals surface area contributed by atoms with Gasteiger partial charge in [-0.3, -0.25) is 9.59 Å². The van der Waals surface area contributed by atoms with Gasteiger partial charge in [0, 0.05) is 35.5 Å². The van der Waals surface area contributed by atoms with Crippen LogP contribution in [0, 0.1) is 0 Å². The van der Waals surface area contributed by atoms with Crippen LogP contribution < -0.4 is 9.47 Å². The van der Waals surface area contributed by atoms with Gasteiger partial charge in [0.2, 0.25) is 5.91 Å². The summed E-state index contributed by atoms with van der Waals surface area (Å²) in [6.45, 7) is 2.83. The molecule has 0 aliphatic carbocycles. The summed E-state index contributed by atoms with van der Waals surface area (Å²) in [6.07, 6.45) is 0.655. The highest BCUT2D eigenvalue weighted by atomic mass is 16.5. The third kappa shape index (κ3) is 3.64. The lowest BCUT2D eigenvalue weighted by Crippen LogP contribution is -2.67. The molecule has 38 heavy (non-hydrogen) atoms. The molecular formula is C31H31N3O4. The number of ether oxygens (including phenoxy) is 2. The number of nitrogens with zero attached hydrogens (tertiary/aromatic N) is 2. The van der Waals surface area contributed by atoms with Gasteiger partial charge in [-0.1, -0.05) is 48.5 Å². The Balaban J connectivity index is 1.42. The highest BCUT2D eigenvalue weighted by molar-refractivity contribution is 6.01. The topological polar surface area (TPSA) is 74.9 Å². The molecule has 0 saturated carbocycles. The van der Waals surface area contributed by atoms with Crippen LogP contribution in [0.4, 0.5) is 0 Å². The van der Waals surface area contributed by atoms with E-state index in [4.69, 9.17) is 9.47 Å². The first-order valence-corrected chi connectivity index (χ1v) is 12.9. The van der Waals surface area contributed by atoms with E-state index in [9.17, 15) is 9.59 Å². The van der Waals surface area contributed by atoms with Crippen LogP contribution in [0.15, 0.2) is 72.8 Å². The van der Waals surface area contributed by atoms with Gasteiger partial charge in [0.15, 0.2) is 5.54 Å². The maximum atomic E-state index is 14.2. The summed E-state index contributed by atoms with van der Waals surface area (Å²) < 4.78 is 11.0. The average molecular weight is 510 g/mol. The number of aromatic nitrogens is 1. The van der Waals surface area contributed by atoms with Gasteiger partial charge in [0.05, 0.1) is 26.5 Å². The summed E-state index contributed by atoms with van der Waals surface area (Å²) in [5.74, 6) is 1.32. The number of H-pyrrole nitrogens is 1. The van der Waals surface area contributed by atoms with E-state index in [0.29, 0.717) is 19.5 Å². The number of benzene rings is 3. The largest absolute Gasteiger partial charge is 0.497 e. The van der Waals surface area contributed by atoms with Gasteiger partial charge in [-0.05, 0) is 48.7 Å². The van der Waals surface area contributed by atoms with Crippen LogP contribution in [0.25, 0.3) is 10.9 Å². The maximum absolute atomic E-state index is 14.2. The second-order valence-corrected chi connectivity index (χ2v) is 10.2. The van der Waals surface area contributed by atoms with Crippen molar-refractivity contribution in [1.82, 2.24) is 14.8 Å². The standard InChI is InChI=1S/C31H31N3O4/c1-31-29-28(23-9-4-6-10-25(23)32-29)24(22-8-5-7-11-26(22)38-3)18-34(31)27(35)19-33(30(31)36)17-16-20-12-14-21(37-2)15-13-20/h4-15,24,32H,16-19H2,1-3H3/t24-,31-/m0/s1. The number of piperazine rings is 1. The number of rotatable bonds is 6. The van der Waals surface area contributed by atoms with E-state index in [-0.39, 0.29) is 24.3 Å². The molecule has 0 unspecified atom stereocenters. The minimum absolute atomic E-state index is 0.0500. The molecule has 4 aromatic rings. The van der Waals surface area contributed by atoms with Crippen molar-refractivity contribution in [3.63, 3.8) is 0 Å². The van der Waals surface area contributed by atoms with Gasteiger partial charge >= 0.3 is 0 Å². The molecule has 1 aromatic heterocycles. The van der Waals surface area contributed by atoms with Crippen LogP contribution in [0.3, 0.4) is 0 Å². The van der Waals surface area contributed by atoms with Gasteiger partial charge in [-0.15, -0.1) is 0 Å². The molecule has 2 atom stereocenters. The van der Waals surface area contributed by atoms with Crippen molar-refractivity contribution in [1.29, 1.82) is 0 Å². The summed E-state index contributed by atoms with van der Waals surface area (Å²) in [5.41, 5.74) is 3.77. The van der Waals surface area contributed by atoms with Gasteiger partial charge in [-0.2, -0.15) is 0 Å². The SMILES string of the molecule is COc1ccc(CCN2CC(=O)N3C[C@@H](c4ccccc4OC)c4c([nH]c5ccccc45)[C@@]3(C)C2=O)cc1. The van der Waals surface area contributed by atoms with E-state index in [1.165, 1.54) is 0 Å². The van der Waals surface area contributed by atoms with Gasteiger partial charge < -0.3 is 24.3 Å². The van der Waals surface area contributed by atoms with E-state index in [1.807, 2.05) is 67.6 Å². The minimum atomic E-state index is -1.12. The number of carbonyl (C=O) groups excluding carboxylic acids is 2. The first-order chi connectivity index (χ1) is 18.5. The van der Waals surface area contributed by atoms with Crippen molar-refractivity contribution in [2.75, 3.05) is 33.9 Å². The van der Waals surface area contributed by atoms with Crippen molar-refractivity contribution in [2.24, 2.45) is 0 Å². The van der Waals surface area contributed by atoms with Crippen LogP contribution in [-0.2, 0) is 21.5 Å². The summed E-state index contributed by atoms with van der Waals surface area (Å²) in [4.78, 5) is 35.0. The molecule has 7 nitrogen and oxygen atoms in total. The zero-order valence-corrected chi connectivity index (χ0v) is 21.9. The molecule has 1 N–H and O–H groups in total. The molecule has 2 aliphatic heterocycles. The van der Waals surface area contributed by atoms with Crippen molar-refractivity contribution < 1.29 is 19.1 Å². The molecule has 6 rings (SSSR count). The molecule has 1 fully saturated rings. The van der Waals surface area contributed by atoms with Crippen molar-refractivity contribution >= 4 is 22.7 Å². The number of fused-ring (bicyclic) bond motifs is 5. The number of nitrogens with one attached hydrogen (secondary N) is 1. The van der Waals surface area contributed by atoms with Gasteiger partial charge in [0.25, 0.3) is 5.91 Å². The summed E-state index contributed by atoms with van der Waals surface area (Å²) in [7, 11) is 3.30. The molecule has 0 spiro atoms. The van der Waals surface area contributed by atoms with Crippen LogP contribution >= 0.6 is 0 Å². The summed E-state index contributed by atoms with van der Waals surface area (Å²) >= 11 is 0. The molecule has 194 valence electrons. The minimum Gasteiger partial charge on any atom is -0.497 e. The first kappa shape index (κ1) is 24.1. The molecule has 3 heterocycles. The van der Waals surface area contributed by atoms with Crippen molar-refractivity contribution in [3.8, 4) is 11.5 Å². The number of amides is 2. The smallest absolute Gasteiger partial charge is 0.254 e. The fourth-order valence-electron chi connectivity index (χ4n) is 6.15. The number of hydrogen-bond donors (Lipinski definition) is 1. The zero-order chi connectivity index (χ0) is 26.4. The Morgan fingerprint density at radius 3 is 2.45 bits per heavy atom. The Morgan fingerprint density at radius 2 is 1.68 bits per heavy atom. The predicted molar refractivity (Wildman–Crippen MR) is 145 cm³/mol. The number of carbonyl (C=O) groups is 2. The lowest BCUT2D eigenvalue weighted by Gasteiger charge is -2.51. The van der Waals surface area contributed by atoms with Crippen molar-refractivity contribution in [3.05, 3.63) is 95.2 Å². The van der Waals surface area contributed by atoms with Crippen LogP contribution in [0.1, 0.15) is 35.2 Å². The second-order valence-electron chi connectivity index (χ2n) is 10.2. The number of methoxy groups -OCH3 is 2. The van der Waals surface area contributed by atoms with E-state index < -0.39 is 5.54 Å². The predicted octanol–water partition coefficient (Wildman–Crippen LogP) is 4.46. The molecular weight excluding hydrogens is 478 g/mol. The Hall–Kier alpha value is -4.26. The third-order valence-corrected chi connectivity index (χ3v) is 8.16. The molecule has 0 radical (unpaired) electrons. The Bertz CT molecular complexity index is 1530. The Morgan fingerprint density at radius 1 is 0.947 bits per heavy atom. The summed E-state index contributed by atoms with van der Waals surface area (Å²) in [6, 6.07) is 23.9. The van der Waals surface area contributed by atoms with Crippen molar-refractivity contribution in [2.45, 2.75) is 24.8 Å². The van der Waals surface area contributed by atoms with E-state index >= 15 is 0 Å². The fraction of sp³-hybridized carbons (Fsp3) is 0.290. The molecule has 2 amide bonds. The maximum Gasteiger partial charge on any atom is 0.254 e. The van der Waals surface area contributed by atoms with E-state index in [1.54, 1.807) is 24.0 Å². The molecule has 3 aromatic carbocycles. The highest BCUT2D eigenvalue weighted by Gasteiger charge is 2.56. The first-order valence-electron chi connectivity index (χ1n) is 12.9. The third-order valence-electron chi connectivity index (χ3n) is 8.16. The van der Waals surface area contributed by atoms with Crippen LogP contribution in [-0.4, -0.2) is 60.5 Å².